The van der Waals surface area contributed by atoms with Crippen LogP contribution in [0.25, 0.3) is 0 Å². The molecule has 0 aromatic carbocycles. The molecule has 1 aliphatic carbocycles. The van der Waals surface area contributed by atoms with Gasteiger partial charge in [-0.3, -0.25) is 0 Å². The van der Waals surface area contributed by atoms with E-state index in [1.54, 1.807) is 0 Å². The van der Waals surface area contributed by atoms with Gasteiger partial charge < -0.3 is 10.5 Å². The van der Waals surface area contributed by atoms with Gasteiger partial charge in [0.1, 0.15) is 0 Å². The molecule has 2 fully saturated rings. The first-order chi connectivity index (χ1) is 5.86. The highest BCUT2D eigenvalue weighted by molar-refractivity contribution is 4.82. The van der Waals surface area contributed by atoms with Crippen LogP contribution in [0.3, 0.4) is 0 Å². The average molecular weight is 169 g/mol. The quantitative estimate of drug-likeness (QED) is 0.653. The molecule has 2 aliphatic rings. The van der Waals surface area contributed by atoms with Gasteiger partial charge in [-0.15, -0.1) is 0 Å². The molecule has 0 aromatic heterocycles. The van der Waals surface area contributed by atoms with Gasteiger partial charge in [-0.25, -0.2) is 0 Å². The van der Waals surface area contributed by atoms with Crippen LogP contribution in [0.15, 0.2) is 0 Å². The van der Waals surface area contributed by atoms with E-state index in [-0.39, 0.29) is 0 Å². The van der Waals surface area contributed by atoms with Gasteiger partial charge in [0, 0.05) is 6.04 Å². The number of hydrogen-bond donors (Lipinski definition) is 1. The van der Waals surface area contributed by atoms with Crippen molar-refractivity contribution in [1.29, 1.82) is 0 Å². The third-order valence-corrected chi connectivity index (χ3v) is 3.19. The zero-order valence-corrected chi connectivity index (χ0v) is 7.67. The van der Waals surface area contributed by atoms with E-state index in [4.69, 9.17) is 10.5 Å². The van der Waals surface area contributed by atoms with Crippen LogP contribution in [0.2, 0.25) is 0 Å². The third-order valence-electron chi connectivity index (χ3n) is 3.19. The van der Waals surface area contributed by atoms with Gasteiger partial charge in [0.2, 0.25) is 0 Å². The molecule has 1 saturated heterocycles. The second kappa shape index (κ2) is 3.75. The Morgan fingerprint density at radius 2 is 1.92 bits per heavy atom. The van der Waals surface area contributed by atoms with Crippen LogP contribution < -0.4 is 5.73 Å². The van der Waals surface area contributed by atoms with Crippen molar-refractivity contribution >= 4 is 0 Å². The van der Waals surface area contributed by atoms with Gasteiger partial charge in [0.05, 0.1) is 12.7 Å². The van der Waals surface area contributed by atoms with Crippen molar-refractivity contribution in [2.24, 2.45) is 11.7 Å². The van der Waals surface area contributed by atoms with Crippen LogP contribution in [-0.2, 0) is 4.74 Å². The van der Waals surface area contributed by atoms with E-state index in [0.717, 1.165) is 18.9 Å². The van der Waals surface area contributed by atoms with Crippen LogP contribution in [0.5, 0.6) is 0 Å². The fourth-order valence-corrected chi connectivity index (χ4v) is 2.26. The standard InChI is InChI=1S/C10H19NO/c11-10(6-9-7-12-9)8-4-2-1-3-5-8/h8-10H,1-7,11H2/t9?,10-/m1/s1. The van der Waals surface area contributed by atoms with Crippen molar-refractivity contribution < 1.29 is 4.74 Å². The van der Waals surface area contributed by atoms with E-state index in [2.05, 4.69) is 0 Å². The molecule has 2 nitrogen and oxygen atoms in total. The Morgan fingerprint density at radius 3 is 2.50 bits per heavy atom. The van der Waals surface area contributed by atoms with Gasteiger partial charge in [0.25, 0.3) is 0 Å². The Kier molecular flexibility index (Phi) is 2.66. The number of hydrogen-bond acceptors (Lipinski definition) is 2. The molecule has 2 N–H and O–H groups in total. The predicted octanol–water partition coefficient (Wildman–Crippen LogP) is 1.68. The maximum atomic E-state index is 6.11. The Balaban J connectivity index is 1.72. The highest BCUT2D eigenvalue weighted by Crippen LogP contribution is 2.29. The van der Waals surface area contributed by atoms with E-state index < -0.39 is 0 Å². The molecule has 1 aliphatic heterocycles. The van der Waals surface area contributed by atoms with Crippen LogP contribution in [0.1, 0.15) is 38.5 Å². The minimum Gasteiger partial charge on any atom is -0.373 e. The molecule has 2 atom stereocenters. The second-order valence-electron chi connectivity index (χ2n) is 4.25. The summed E-state index contributed by atoms with van der Waals surface area (Å²) in [7, 11) is 0. The fourth-order valence-electron chi connectivity index (χ4n) is 2.26. The van der Waals surface area contributed by atoms with Gasteiger partial charge >= 0.3 is 0 Å². The van der Waals surface area contributed by atoms with E-state index in [1.165, 1.54) is 32.1 Å². The average Bonchev–Trinajstić information content (AvgIpc) is 2.90. The molecule has 2 rings (SSSR count). The maximum absolute atomic E-state index is 6.11. The van der Waals surface area contributed by atoms with Gasteiger partial charge in [0.15, 0.2) is 0 Å². The number of nitrogens with two attached hydrogens (primary N) is 1. The van der Waals surface area contributed by atoms with Crippen molar-refractivity contribution in [1.82, 2.24) is 0 Å². The number of rotatable bonds is 3. The second-order valence-corrected chi connectivity index (χ2v) is 4.25. The number of epoxide rings is 1. The molecular weight excluding hydrogens is 150 g/mol. The minimum atomic E-state index is 0.415. The van der Waals surface area contributed by atoms with Gasteiger partial charge in [-0.1, -0.05) is 19.3 Å². The Hall–Kier alpha value is -0.0800. The number of ether oxygens (including phenoxy) is 1. The van der Waals surface area contributed by atoms with Crippen molar-refractivity contribution in [3.8, 4) is 0 Å². The van der Waals surface area contributed by atoms with Gasteiger partial charge in [-0.05, 0) is 25.2 Å². The van der Waals surface area contributed by atoms with E-state index in [0.29, 0.717) is 12.1 Å². The summed E-state index contributed by atoms with van der Waals surface area (Å²) in [5.74, 6) is 0.794. The summed E-state index contributed by atoms with van der Waals surface area (Å²) in [5.41, 5.74) is 6.11. The highest BCUT2D eigenvalue weighted by Gasteiger charge is 2.29. The van der Waals surface area contributed by atoms with Crippen molar-refractivity contribution in [3.63, 3.8) is 0 Å². The molecule has 0 amide bonds. The van der Waals surface area contributed by atoms with E-state index in [1.807, 2.05) is 0 Å². The fraction of sp³-hybridized carbons (Fsp3) is 1.00. The summed E-state index contributed by atoms with van der Waals surface area (Å²) in [5, 5.41) is 0. The summed E-state index contributed by atoms with van der Waals surface area (Å²) in [4.78, 5) is 0. The molecule has 1 heterocycles. The normalized spacial score (nSPS) is 33.2. The van der Waals surface area contributed by atoms with Crippen LogP contribution in [0, 0.1) is 5.92 Å². The first-order valence-corrected chi connectivity index (χ1v) is 5.23. The zero-order valence-electron chi connectivity index (χ0n) is 7.67. The molecule has 70 valence electrons. The van der Waals surface area contributed by atoms with E-state index >= 15 is 0 Å². The van der Waals surface area contributed by atoms with E-state index in [9.17, 15) is 0 Å². The Morgan fingerprint density at radius 1 is 1.25 bits per heavy atom. The zero-order chi connectivity index (χ0) is 8.39. The summed E-state index contributed by atoms with van der Waals surface area (Å²) < 4.78 is 5.19. The Bertz CT molecular complexity index is 139. The largest absolute Gasteiger partial charge is 0.373 e. The van der Waals surface area contributed by atoms with Crippen molar-refractivity contribution in [2.75, 3.05) is 6.61 Å². The maximum Gasteiger partial charge on any atom is 0.0824 e. The molecule has 12 heavy (non-hydrogen) atoms. The molecular formula is C10H19NO. The third kappa shape index (κ3) is 2.20. The first-order valence-electron chi connectivity index (χ1n) is 5.23. The lowest BCUT2D eigenvalue weighted by Gasteiger charge is -2.26. The summed E-state index contributed by atoms with van der Waals surface area (Å²) in [6.45, 7) is 0.959. The molecule has 2 heteroatoms. The summed E-state index contributed by atoms with van der Waals surface area (Å²) in [6.07, 6.45) is 8.53. The predicted molar refractivity (Wildman–Crippen MR) is 48.9 cm³/mol. The first kappa shape index (κ1) is 8.52. The highest BCUT2D eigenvalue weighted by atomic mass is 16.6. The van der Waals surface area contributed by atoms with Crippen LogP contribution in [-0.4, -0.2) is 18.8 Å². The van der Waals surface area contributed by atoms with Crippen molar-refractivity contribution in [2.45, 2.75) is 50.7 Å². The SMILES string of the molecule is N[C@H](CC1CO1)C1CCCCC1. The molecule has 1 unspecified atom stereocenters. The lowest BCUT2D eigenvalue weighted by atomic mass is 9.83. The van der Waals surface area contributed by atoms with Crippen molar-refractivity contribution in [3.05, 3.63) is 0 Å². The Labute approximate surface area is 74.5 Å². The summed E-state index contributed by atoms with van der Waals surface area (Å²) in [6, 6.07) is 0.415. The smallest absolute Gasteiger partial charge is 0.0824 e. The van der Waals surface area contributed by atoms with Gasteiger partial charge in [-0.2, -0.15) is 0 Å². The lowest BCUT2D eigenvalue weighted by Crippen LogP contribution is -2.32. The topological polar surface area (TPSA) is 38.5 Å². The molecule has 0 aromatic rings. The van der Waals surface area contributed by atoms with Crippen LogP contribution >= 0.6 is 0 Å². The lowest BCUT2D eigenvalue weighted by molar-refractivity contribution is 0.274. The summed E-state index contributed by atoms with van der Waals surface area (Å²) >= 11 is 0. The monoisotopic (exact) mass is 169 g/mol. The molecule has 1 saturated carbocycles. The van der Waals surface area contributed by atoms with Crippen LogP contribution in [0.4, 0.5) is 0 Å². The minimum absolute atomic E-state index is 0.415. The molecule has 0 radical (unpaired) electrons. The molecule has 0 bridgehead atoms. The molecule has 0 spiro atoms.